The first-order valence-corrected chi connectivity index (χ1v) is 13.0. The lowest BCUT2D eigenvalue weighted by Gasteiger charge is -2.26. The average Bonchev–Trinajstić information content (AvgIpc) is 3.65. The van der Waals surface area contributed by atoms with Crippen molar-refractivity contribution in [2.24, 2.45) is 0 Å². The normalized spacial score (nSPS) is 16.3. The summed E-state index contributed by atoms with van der Waals surface area (Å²) in [6.45, 7) is 0.210. The summed E-state index contributed by atoms with van der Waals surface area (Å²) in [6, 6.07) is 19.9. The first-order valence-electron chi connectivity index (χ1n) is 13.0. The molecule has 0 aliphatic carbocycles. The number of rotatable bonds is 9. The maximum Gasteiger partial charge on any atom is 0.407 e. The Balaban J connectivity index is 1.31. The van der Waals surface area contributed by atoms with Crippen molar-refractivity contribution in [3.63, 3.8) is 0 Å². The quantitative estimate of drug-likeness (QED) is 0.274. The minimum Gasteiger partial charge on any atom is -0.465 e. The molecule has 3 amide bonds. The standard InChI is InChI=1S/C30H28FN5O5/c31-21-6-10-25(11-7-21)41-26-12-8-22(9-13-26)34-29(38)27-15-24(18-36(27)28(37)14-23-16-32-19-33-23)35(30(39)40)17-20-4-2-1-3-5-20/h1-13,16,19,24,27H,14-15,17-18H2,(H,32,33)(H,34,38)(H,39,40)/t24-,27+/m1/s1. The van der Waals surface area contributed by atoms with Crippen LogP contribution in [0, 0.1) is 5.82 Å². The van der Waals surface area contributed by atoms with E-state index in [1.165, 1.54) is 46.6 Å². The van der Waals surface area contributed by atoms with Gasteiger partial charge < -0.3 is 25.0 Å². The van der Waals surface area contributed by atoms with Crippen molar-refractivity contribution in [2.45, 2.75) is 31.5 Å². The fourth-order valence-corrected chi connectivity index (χ4v) is 4.81. The van der Waals surface area contributed by atoms with Gasteiger partial charge >= 0.3 is 6.09 Å². The highest BCUT2D eigenvalue weighted by Crippen LogP contribution is 2.27. The molecule has 0 unspecified atom stereocenters. The van der Waals surface area contributed by atoms with Crippen LogP contribution in [0.2, 0.25) is 0 Å². The topological polar surface area (TPSA) is 128 Å². The van der Waals surface area contributed by atoms with Gasteiger partial charge in [-0.3, -0.25) is 14.5 Å². The zero-order valence-electron chi connectivity index (χ0n) is 21.9. The van der Waals surface area contributed by atoms with Crippen LogP contribution in [-0.4, -0.2) is 61.4 Å². The van der Waals surface area contributed by atoms with Gasteiger partial charge in [-0.15, -0.1) is 0 Å². The monoisotopic (exact) mass is 557 g/mol. The molecule has 10 nitrogen and oxygen atoms in total. The number of hydrogen-bond acceptors (Lipinski definition) is 5. The lowest BCUT2D eigenvalue weighted by molar-refractivity contribution is -0.136. The molecule has 1 aromatic heterocycles. The predicted octanol–water partition coefficient (Wildman–Crippen LogP) is 4.67. The summed E-state index contributed by atoms with van der Waals surface area (Å²) in [5, 5.41) is 12.9. The van der Waals surface area contributed by atoms with Crippen LogP contribution in [0.1, 0.15) is 17.7 Å². The van der Waals surface area contributed by atoms with Crippen molar-refractivity contribution in [1.82, 2.24) is 19.8 Å². The number of anilines is 1. The Labute approximate surface area is 235 Å². The molecule has 1 fully saturated rings. The molecule has 4 aromatic rings. The highest BCUT2D eigenvalue weighted by Gasteiger charge is 2.43. The maximum absolute atomic E-state index is 13.5. The number of amides is 3. The smallest absolute Gasteiger partial charge is 0.407 e. The number of halogens is 1. The van der Waals surface area contributed by atoms with Crippen molar-refractivity contribution >= 4 is 23.6 Å². The third-order valence-electron chi connectivity index (χ3n) is 6.85. The Morgan fingerprint density at radius 2 is 1.71 bits per heavy atom. The number of carbonyl (C=O) groups excluding carboxylic acids is 2. The van der Waals surface area contributed by atoms with E-state index in [0.29, 0.717) is 22.9 Å². The summed E-state index contributed by atoms with van der Waals surface area (Å²) in [4.78, 5) is 48.6. The molecule has 0 bridgehead atoms. The molecule has 11 heteroatoms. The van der Waals surface area contributed by atoms with Gasteiger partial charge in [0.2, 0.25) is 11.8 Å². The number of aromatic nitrogens is 2. The Kier molecular flexibility index (Phi) is 8.23. The number of benzene rings is 3. The number of imidazole rings is 1. The van der Waals surface area contributed by atoms with Crippen molar-refractivity contribution in [3.8, 4) is 11.5 Å². The Hall–Kier alpha value is -5.19. The van der Waals surface area contributed by atoms with E-state index in [1.807, 2.05) is 30.3 Å². The number of H-pyrrole nitrogens is 1. The molecule has 2 atom stereocenters. The van der Waals surface area contributed by atoms with Gasteiger partial charge in [0.1, 0.15) is 23.4 Å². The number of nitrogens with zero attached hydrogens (tertiary/aromatic N) is 3. The molecule has 0 spiro atoms. The Morgan fingerprint density at radius 1 is 1.02 bits per heavy atom. The summed E-state index contributed by atoms with van der Waals surface area (Å²) in [7, 11) is 0. The summed E-state index contributed by atoms with van der Waals surface area (Å²) in [5.41, 5.74) is 1.88. The zero-order chi connectivity index (χ0) is 28.8. The van der Waals surface area contributed by atoms with Crippen LogP contribution in [0.4, 0.5) is 14.9 Å². The zero-order valence-corrected chi connectivity index (χ0v) is 21.9. The van der Waals surface area contributed by atoms with Crippen LogP contribution in [0.15, 0.2) is 91.4 Å². The number of likely N-dealkylation sites (tertiary alicyclic amines) is 1. The van der Waals surface area contributed by atoms with E-state index < -0.39 is 24.1 Å². The van der Waals surface area contributed by atoms with Gasteiger partial charge in [0.25, 0.3) is 0 Å². The summed E-state index contributed by atoms with van der Waals surface area (Å²) >= 11 is 0. The van der Waals surface area contributed by atoms with Gasteiger partial charge in [0, 0.05) is 30.7 Å². The summed E-state index contributed by atoms with van der Waals surface area (Å²) in [5.74, 6) is -0.157. The molecule has 210 valence electrons. The van der Waals surface area contributed by atoms with E-state index in [1.54, 1.807) is 24.3 Å². The lowest BCUT2D eigenvalue weighted by atomic mass is 10.1. The van der Waals surface area contributed by atoms with Crippen LogP contribution < -0.4 is 10.1 Å². The van der Waals surface area contributed by atoms with Crippen LogP contribution in [0.25, 0.3) is 0 Å². The molecule has 0 radical (unpaired) electrons. The van der Waals surface area contributed by atoms with Crippen molar-refractivity contribution in [2.75, 3.05) is 11.9 Å². The summed E-state index contributed by atoms with van der Waals surface area (Å²) in [6.07, 6.45) is 2.02. The highest BCUT2D eigenvalue weighted by atomic mass is 19.1. The average molecular weight is 558 g/mol. The number of aromatic amines is 1. The summed E-state index contributed by atoms with van der Waals surface area (Å²) < 4.78 is 18.9. The number of nitrogens with one attached hydrogen (secondary N) is 2. The van der Waals surface area contributed by atoms with Crippen molar-refractivity contribution < 1.29 is 28.6 Å². The van der Waals surface area contributed by atoms with Crippen LogP contribution in [-0.2, 0) is 22.6 Å². The van der Waals surface area contributed by atoms with Crippen LogP contribution in [0.5, 0.6) is 11.5 Å². The molecule has 5 rings (SSSR count). The minimum absolute atomic E-state index is 0.00230. The second-order valence-electron chi connectivity index (χ2n) is 9.67. The van der Waals surface area contributed by atoms with Gasteiger partial charge in [-0.25, -0.2) is 14.2 Å². The molecule has 2 heterocycles. The minimum atomic E-state index is -1.13. The van der Waals surface area contributed by atoms with Gasteiger partial charge in [0.05, 0.1) is 18.8 Å². The molecular formula is C30H28FN5O5. The van der Waals surface area contributed by atoms with Gasteiger partial charge in [-0.05, 0) is 60.5 Å². The van der Waals surface area contributed by atoms with E-state index in [2.05, 4.69) is 15.3 Å². The van der Waals surface area contributed by atoms with Crippen molar-refractivity contribution in [3.05, 3.63) is 108 Å². The molecular weight excluding hydrogens is 529 g/mol. The third kappa shape index (κ3) is 6.88. The predicted molar refractivity (Wildman–Crippen MR) is 148 cm³/mol. The largest absolute Gasteiger partial charge is 0.465 e. The van der Waals surface area contributed by atoms with E-state index in [9.17, 15) is 23.9 Å². The van der Waals surface area contributed by atoms with E-state index in [4.69, 9.17) is 4.74 Å². The van der Waals surface area contributed by atoms with Crippen LogP contribution in [0.3, 0.4) is 0 Å². The SMILES string of the molecule is O=C(Nc1ccc(Oc2ccc(F)cc2)cc1)[C@@H]1C[C@@H](N(Cc2ccccc2)C(=O)O)CN1C(=O)Cc1cnc[nH]1. The first-order chi connectivity index (χ1) is 19.9. The second-order valence-corrected chi connectivity index (χ2v) is 9.67. The maximum atomic E-state index is 13.5. The molecule has 41 heavy (non-hydrogen) atoms. The van der Waals surface area contributed by atoms with Gasteiger partial charge in [0.15, 0.2) is 0 Å². The van der Waals surface area contributed by atoms with Crippen LogP contribution >= 0.6 is 0 Å². The van der Waals surface area contributed by atoms with E-state index >= 15 is 0 Å². The first kappa shape index (κ1) is 27.4. The van der Waals surface area contributed by atoms with Gasteiger partial charge in [-0.1, -0.05) is 30.3 Å². The third-order valence-corrected chi connectivity index (χ3v) is 6.85. The number of ether oxygens (including phenoxy) is 1. The Bertz CT molecular complexity index is 1480. The highest BCUT2D eigenvalue weighted by molar-refractivity contribution is 5.98. The van der Waals surface area contributed by atoms with Gasteiger partial charge in [-0.2, -0.15) is 0 Å². The van der Waals surface area contributed by atoms with E-state index in [0.717, 1.165) is 5.56 Å². The molecule has 0 saturated carbocycles. The fraction of sp³-hybridized carbons (Fsp3) is 0.200. The number of carbonyl (C=O) groups is 3. The van der Waals surface area contributed by atoms with E-state index in [-0.39, 0.29) is 37.7 Å². The molecule has 1 saturated heterocycles. The molecule has 3 aromatic carbocycles. The lowest BCUT2D eigenvalue weighted by Crippen LogP contribution is -2.44. The molecule has 1 aliphatic heterocycles. The van der Waals surface area contributed by atoms with Crippen molar-refractivity contribution in [1.29, 1.82) is 0 Å². The molecule has 3 N–H and O–H groups in total. The second kappa shape index (κ2) is 12.3. The number of carboxylic acid groups (broad SMARTS) is 1. The Morgan fingerprint density at radius 3 is 2.34 bits per heavy atom. The fourth-order valence-electron chi connectivity index (χ4n) is 4.81. The number of hydrogen-bond donors (Lipinski definition) is 3. The molecule has 1 aliphatic rings.